The van der Waals surface area contributed by atoms with Gasteiger partial charge < -0.3 is 33.5 Å². The first-order chi connectivity index (χ1) is 19.5. The molecule has 6 aliphatic rings. The molecule has 6 rings (SSSR count). The third-order valence-corrected chi connectivity index (χ3v) is 9.20. The molecule has 40 heavy (non-hydrogen) atoms. The third kappa shape index (κ3) is 5.10. The molecule has 218 valence electrons. The van der Waals surface area contributed by atoms with E-state index in [1.807, 2.05) is 0 Å². The lowest BCUT2D eigenvalue weighted by molar-refractivity contribution is -0.387. The minimum atomic E-state index is -1.22. The smallest absolute Gasteiger partial charge is 0.169 e. The summed E-state index contributed by atoms with van der Waals surface area (Å²) in [5, 5.41) is 23.1. The quantitative estimate of drug-likeness (QED) is 0.288. The maximum Gasteiger partial charge on any atom is 0.169 e. The van der Waals surface area contributed by atoms with Crippen molar-refractivity contribution in [3.8, 4) is 0 Å². The SMILES string of the molecule is [N-]=[N+]=NC1C(O)[C@@H]2OC3(CCCCC3)OCC2O[C@@H]1O[C@@H]1C(N=[N+]=[N-])C[C@@H](N=[N+]=[N-])[C@H]2OC3(CCCCC3)OC12. The topological polar surface area (TPSA) is 222 Å². The summed E-state index contributed by atoms with van der Waals surface area (Å²) >= 11 is 0. The summed E-state index contributed by atoms with van der Waals surface area (Å²) in [4.78, 5) is 8.94. The molecule has 1 N–H and O–H groups in total. The lowest BCUT2D eigenvalue weighted by Gasteiger charge is -2.52. The molecule has 0 aromatic carbocycles. The fraction of sp³-hybridized carbons (Fsp3) is 1.00. The fourth-order valence-corrected chi connectivity index (χ4v) is 7.30. The van der Waals surface area contributed by atoms with E-state index in [2.05, 4.69) is 30.1 Å². The Morgan fingerprint density at radius 3 is 2.00 bits per heavy atom. The van der Waals surface area contributed by atoms with Crippen molar-refractivity contribution in [3.05, 3.63) is 31.3 Å². The predicted molar refractivity (Wildman–Crippen MR) is 135 cm³/mol. The van der Waals surface area contributed by atoms with Gasteiger partial charge in [0.2, 0.25) is 0 Å². The minimum Gasteiger partial charge on any atom is -0.390 e. The Kier molecular flexibility index (Phi) is 7.99. The van der Waals surface area contributed by atoms with Crippen molar-refractivity contribution < 1.29 is 33.5 Å². The van der Waals surface area contributed by atoms with Crippen molar-refractivity contribution in [2.45, 2.75) is 143 Å². The molecular weight excluding hydrogens is 526 g/mol. The number of ether oxygens (including phenoxy) is 6. The first-order valence-corrected chi connectivity index (χ1v) is 14.3. The second-order valence-corrected chi connectivity index (χ2v) is 11.6. The second kappa shape index (κ2) is 11.5. The fourth-order valence-electron chi connectivity index (χ4n) is 7.30. The molecule has 3 heterocycles. The number of fused-ring (bicyclic) bond motifs is 2. The molecule has 0 aromatic heterocycles. The van der Waals surface area contributed by atoms with Crippen LogP contribution in [0.5, 0.6) is 0 Å². The molecule has 3 saturated heterocycles. The van der Waals surface area contributed by atoms with Crippen LogP contribution in [0.1, 0.15) is 70.6 Å². The van der Waals surface area contributed by atoms with E-state index in [0.29, 0.717) is 12.8 Å². The number of hydrogen-bond donors (Lipinski definition) is 1. The van der Waals surface area contributed by atoms with Gasteiger partial charge >= 0.3 is 0 Å². The second-order valence-electron chi connectivity index (χ2n) is 11.6. The van der Waals surface area contributed by atoms with Crippen LogP contribution in [0.3, 0.4) is 0 Å². The molecule has 3 aliphatic carbocycles. The average molecular weight is 562 g/mol. The summed E-state index contributed by atoms with van der Waals surface area (Å²) < 4.78 is 38.1. The standard InChI is InChI=1S/C24H35N9O7/c25-31-28-13-11-14(29-32-26)19-21(40-24(38-19)9-5-2-6-10-24)18(13)37-22-16(30-33-27)17(34)20-15(36-22)12-35-23(39-20)7-3-1-4-8-23/h13-22,34H,1-12H2/t13?,14-,15?,16?,17?,18-,19-,20-,21?,22-/m1/s1. The van der Waals surface area contributed by atoms with Crippen molar-refractivity contribution in [2.24, 2.45) is 15.3 Å². The first kappa shape index (κ1) is 27.8. The van der Waals surface area contributed by atoms with E-state index in [1.54, 1.807) is 0 Å². The molecule has 0 bridgehead atoms. The Labute approximate surface area is 230 Å². The van der Waals surface area contributed by atoms with E-state index >= 15 is 0 Å². The van der Waals surface area contributed by atoms with Crippen molar-refractivity contribution in [2.75, 3.05) is 6.61 Å². The van der Waals surface area contributed by atoms with Crippen LogP contribution in [0.4, 0.5) is 0 Å². The predicted octanol–water partition coefficient (Wildman–Crippen LogP) is 4.42. The molecule has 6 fully saturated rings. The van der Waals surface area contributed by atoms with Gasteiger partial charge in [-0.05, 0) is 48.7 Å². The van der Waals surface area contributed by atoms with Crippen LogP contribution in [0, 0.1) is 0 Å². The molecule has 16 nitrogen and oxygen atoms in total. The van der Waals surface area contributed by atoms with E-state index < -0.39 is 72.6 Å². The molecular formula is C24H35N9O7. The Balaban J connectivity index is 1.27. The van der Waals surface area contributed by atoms with Crippen LogP contribution in [-0.2, 0) is 28.4 Å². The first-order valence-electron chi connectivity index (χ1n) is 14.3. The van der Waals surface area contributed by atoms with Gasteiger partial charge in [-0.15, -0.1) is 0 Å². The Morgan fingerprint density at radius 1 is 0.725 bits per heavy atom. The summed E-state index contributed by atoms with van der Waals surface area (Å²) in [5.41, 5.74) is 27.9. The summed E-state index contributed by atoms with van der Waals surface area (Å²) in [7, 11) is 0. The molecule has 5 unspecified atom stereocenters. The van der Waals surface area contributed by atoms with Crippen molar-refractivity contribution in [3.63, 3.8) is 0 Å². The monoisotopic (exact) mass is 561 g/mol. The van der Waals surface area contributed by atoms with Crippen LogP contribution in [0.2, 0.25) is 0 Å². The maximum atomic E-state index is 11.4. The van der Waals surface area contributed by atoms with E-state index in [0.717, 1.165) is 51.4 Å². The van der Waals surface area contributed by atoms with Gasteiger partial charge in [-0.1, -0.05) is 28.2 Å². The zero-order chi connectivity index (χ0) is 27.7. The number of rotatable bonds is 5. The molecule has 10 atom stereocenters. The summed E-state index contributed by atoms with van der Waals surface area (Å²) in [5.74, 6) is -1.62. The molecule has 2 spiro atoms. The van der Waals surface area contributed by atoms with Gasteiger partial charge in [-0.2, -0.15) is 0 Å². The van der Waals surface area contributed by atoms with Crippen LogP contribution >= 0.6 is 0 Å². The van der Waals surface area contributed by atoms with Crippen LogP contribution in [0.25, 0.3) is 31.3 Å². The number of aliphatic hydroxyl groups excluding tert-OH is 1. The zero-order valence-electron chi connectivity index (χ0n) is 22.2. The normalized spacial score (nSPS) is 43.4. The van der Waals surface area contributed by atoms with Gasteiger partial charge in [-0.3, -0.25) is 0 Å². The number of aliphatic hydroxyl groups is 1. The Morgan fingerprint density at radius 2 is 1.32 bits per heavy atom. The van der Waals surface area contributed by atoms with Crippen LogP contribution in [-0.4, -0.2) is 84.3 Å². The van der Waals surface area contributed by atoms with E-state index in [-0.39, 0.29) is 13.0 Å². The molecule has 16 heteroatoms. The van der Waals surface area contributed by atoms with Gasteiger partial charge in [0.1, 0.15) is 24.4 Å². The number of hydrogen-bond acceptors (Lipinski definition) is 10. The Bertz CT molecular complexity index is 1080. The lowest BCUT2D eigenvalue weighted by atomic mass is 9.84. The van der Waals surface area contributed by atoms with Crippen molar-refractivity contribution in [1.82, 2.24) is 0 Å². The van der Waals surface area contributed by atoms with E-state index in [4.69, 9.17) is 28.4 Å². The molecule has 3 saturated carbocycles. The molecule has 0 aromatic rings. The highest BCUT2D eigenvalue weighted by atomic mass is 16.8. The zero-order valence-corrected chi connectivity index (χ0v) is 22.2. The lowest BCUT2D eigenvalue weighted by Crippen LogP contribution is -2.66. The van der Waals surface area contributed by atoms with Gasteiger partial charge in [-0.25, -0.2) is 0 Å². The van der Waals surface area contributed by atoms with Crippen LogP contribution in [0.15, 0.2) is 15.3 Å². The van der Waals surface area contributed by atoms with Gasteiger partial charge in [0.05, 0.1) is 37.0 Å². The molecule has 3 aliphatic heterocycles. The number of nitrogens with zero attached hydrogens (tertiary/aromatic N) is 9. The number of azide groups is 3. The van der Waals surface area contributed by atoms with Gasteiger partial charge in [0.25, 0.3) is 0 Å². The summed E-state index contributed by atoms with van der Waals surface area (Å²) in [6.45, 7) is 0.183. The van der Waals surface area contributed by atoms with Gasteiger partial charge in [0, 0.05) is 40.4 Å². The molecule has 0 radical (unpaired) electrons. The van der Waals surface area contributed by atoms with E-state index in [1.165, 1.54) is 0 Å². The highest BCUT2D eigenvalue weighted by Crippen LogP contribution is 2.48. The maximum absolute atomic E-state index is 11.4. The van der Waals surface area contributed by atoms with Crippen LogP contribution < -0.4 is 0 Å². The highest BCUT2D eigenvalue weighted by Gasteiger charge is 2.60. The Hall–Kier alpha value is -2.35. The largest absolute Gasteiger partial charge is 0.390 e. The molecule has 0 amide bonds. The average Bonchev–Trinajstić information content (AvgIpc) is 3.33. The van der Waals surface area contributed by atoms with Crippen molar-refractivity contribution in [1.29, 1.82) is 0 Å². The minimum absolute atomic E-state index is 0.168. The van der Waals surface area contributed by atoms with Crippen molar-refractivity contribution >= 4 is 0 Å². The van der Waals surface area contributed by atoms with E-state index in [9.17, 15) is 21.7 Å². The summed E-state index contributed by atoms with van der Waals surface area (Å²) in [6.07, 6.45) is 2.82. The van der Waals surface area contributed by atoms with Gasteiger partial charge in [0.15, 0.2) is 17.9 Å². The summed E-state index contributed by atoms with van der Waals surface area (Å²) in [6, 6.07) is -2.57. The third-order valence-electron chi connectivity index (χ3n) is 9.20. The highest BCUT2D eigenvalue weighted by molar-refractivity contribution is 5.08.